The van der Waals surface area contributed by atoms with Crippen molar-refractivity contribution in [2.45, 2.75) is 26.2 Å². The summed E-state index contributed by atoms with van der Waals surface area (Å²) in [7, 11) is 0. The summed E-state index contributed by atoms with van der Waals surface area (Å²) < 4.78 is 5.38. The van der Waals surface area contributed by atoms with Crippen molar-refractivity contribution in [2.24, 2.45) is 0 Å². The van der Waals surface area contributed by atoms with Crippen LogP contribution in [0.1, 0.15) is 26.3 Å². The van der Waals surface area contributed by atoms with Crippen molar-refractivity contribution in [3.05, 3.63) is 70.5 Å². The van der Waals surface area contributed by atoms with Crippen LogP contribution in [-0.4, -0.2) is 15.1 Å². The Morgan fingerprint density at radius 2 is 1.73 bits per heavy atom. The highest BCUT2D eigenvalue weighted by Gasteiger charge is 2.16. The molecular formula is C21H19N3O2. The number of para-hydroxylation sites is 1. The molecule has 2 aromatic heterocycles. The normalized spacial score (nSPS) is 11.8. The summed E-state index contributed by atoms with van der Waals surface area (Å²) in [5.41, 5.74) is 3.07. The third-order valence-electron chi connectivity index (χ3n) is 4.42. The summed E-state index contributed by atoms with van der Waals surface area (Å²) in [5.74, 6) is 0.680. The molecule has 0 saturated carbocycles. The molecule has 4 rings (SSSR count). The molecule has 0 aliphatic rings. The van der Waals surface area contributed by atoms with Crippen molar-refractivity contribution < 1.29 is 4.52 Å². The van der Waals surface area contributed by atoms with Crippen molar-refractivity contribution in [3.63, 3.8) is 0 Å². The molecule has 26 heavy (non-hydrogen) atoms. The molecule has 0 aliphatic heterocycles. The molecule has 0 fully saturated rings. The topological polar surface area (TPSA) is 71.8 Å². The molecule has 0 radical (unpaired) electrons. The van der Waals surface area contributed by atoms with E-state index < -0.39 is 0 Å². The van der Waals surface area contributed by atoms with Crippen molar-refractivity contribution in [3.8, 4) is 22.8 Å². The Hall–Kier alpha value is -3.21. The van der Waals surface area contributed by atoms with Crippen LogP contribution in [0.2, 0.25) is 0 Å². The number of rotatable bonds is 2. The first-order chi connectivity index (χ1) is 12.4. The molecule has 0 bridgehead atoms. The maximum Gasteiger partial charge on any atom is 0.259 e. The monoisotopic (exact) mass is 345 g/mol. The highest BCUT2D eigenvalue weighted by molar-refractivity contribution is 5.82. The van der Waals surface area contributed by atoms with E-state index in [4.69, 9.17) is 4.52 Å². The molecule has 0 aliphatic carbocycles. The Bertz CT molecular complexity index is 1130. The number of pyridine rings is 1. The standard InChI is InChI=1S/C21H19N3O2/c1-21(2,3)15-10-8-13(9-11-15)20-23-18(24-26-20)16-12-14-6-4-5-7-17(14)22-19(16)25/h4-12H,1-3H3,(H,22,25). The smallest absolute Gasteiger partial charge is 0.259 e. The first-order valence-corrected chi connectivity index (χ1v) is 8.49. The molecule has 2 aromatic carbocycles. The number of nitrogens with one attached hydrogen (secondary N) is 1. The van der Waals surface area contributed by atoms with Crippen molar-refractivity contribution in [1.82, 2.24) is 15.1 Å². The molecule has 0 unspecified atom stereocenters. The van der Waals surface area contributed by atoms with Crippen LogP contribution < -0.4 is 5.56 Å². The van der Waals surface area contributed by atoms with Crippen LogP contribution in [0.25, 0.3) is 33.7 Å². The summed E-state index contributed by atoms with van der Waals surface area (Å²) in [6, 6.07) is 17.4. The van der Waals surface area contributed by atoms with E-state index >= 15 is 0 Å². The van der Waals surface area contributed by atoms with Crippen LogP contribution in [0, 0.1) is 0 Å². The van der Waals surface area contributed by atoms with E-state index in [1.165, 1.54) is 5.56 Å². The van der Waals surface area contributed by atoms with Crippen molar-refractivity contribution in [2.75, 3.05) is 0 Å². The zero-order valence-electron chi connectivity index (χ0n) is 14.9. The van der Waals surface area contributed by atoms with Crippen LogP contribution in [0.15, 0.2) is 63.9 Å². The molecule has 5 heteroatoms. The number of nitrogens with zero attached hydrogens (tertiary/aromatic N) is 2. The van der Waals surface area contributed by atoms with Gasteiger partial charge in [0.05, 0.1) is 5.56 Å². The summed E-state index contributed by atoms with van der Waals surface area (Å²) in [6.07, 6.45) is 0. The molecule has 1 N–H and O–H groups in total. The highest BCUT2D eigenvalue weighted by atomic mass is 16.5. The van der Waals surface area contributed by atoms with Gasteiger partial charge >= 0.3 is 0 Å². The number of aromatic nitrogens is 3. The van der Waals surface area contributed by atoms with E-state index in [0.29, 0.717) is 11.5 Å². The van der Waals surface area contributed by atoms with Crippen LogP contribution in [-0.2, 0) is 5.41 Å². The third-order valence-corrected chi connectivity index (χ3v) is 4.42. The predicted octanol–water partition coefficient (Wildman–Crippen LogP) is 4.54. The second-order valence-electron chi connectivity index (χ2n) is 7.35. The van der Waals surface area contributed by atoms with E-state index in [0.717, 1.165) is 16.5 Å². The Morgan fingerprint density at radius 1 is 1.00 bits per heavy atom. The molecular weight excluding hydrogens is 326 g/mol. The minimum absolute atomic E-state index is 0.0803. The fourth-order valence-electron chi connectivity index (χ4n) is 2.88. The highest BCUT2D eigenvalue weighted by Crippen LogP contribution is 2.26. The lowest BCUT2D eigenvalue weighted by Gasteiger charge is -2.18. The number of hydrogen-bond acceptors (Lipinski definition) is 4. The molecule has 2 heterocycles. The molecule has 0 atom stereocenters. The van der Waals surface area contributed by atoms with E-state index in [1.807, 2.05) is 36.4 Å². The molecule has 130 valence electrons. The zero-order valence-corrected chi connectivity index (χ0v) is 14.9. The third kappa shape index (κ3) is 2.92. The zero-order chi connectivity index (χ0) is 18.3. The van der Waals surface area contributed by atoms with Gasteiger partial charge in [-0.05, 0) is 40.6 Å². The molecule has 0 amide bonds. The van der Waals surface area contributed by atoms with Gasteiger partial charge in [0.1, 0.15) is 0 Å². The second-order valence-corrected chi connectivity index (χ2v) is 7.35. The molecule has 5 nitrogen and oxygen atoms in total. The van der Waals surface area contributed by atoms with E-state index in [2.05, 4.69) is 48.0 Å². The van der Waals surface area contributed by atoms with Gasteiger partial charge in [0.15, 0.2) is 0 Å². The van der Waals surface area contributed by atoms with Gasteiger partial charge in [-0.1, -0.05) is 56.3 Å². The Morgan fingerprint density at radius 3 is 2.46 bits per heavy atom. The maximum atomic E-state index is 12.4. The SMILES string of the molecule is CC(C)(C)c1ccc(-c2nc(-c3cc4ccccc4[nH]c3=O)no2)cc1. The van der Waals surface area contributed by atoms with Gasteiger partial charge in [0, 0.05) is 11.1 Å². The summed E-state index contributed by atoms with van der Waals surface area (Å²) in [6.45, 7) is 6.50. The Labute approximate surface area is 150 Å². The minimum atomic E-state index is -0.237. The molecule has 4 aromatic rings. The summed E-state index contributed by atoms with van der Waals surface area (Å²) in [5, 5.41) is 4.91. The van der Waals surface area contributed by atoms with E-state index in [1.54, 1.807) is 6.07 Å². The molecule has 0 spiro atoms. The van der Waals surface area contributed by atoms with Gasteiger partial charge in [-0.25, -0.2) is 0 Å². The van der Waals surface area contributed by atoms with Crippen molar-refractivity contribution in [1.29, 1.82) is 0 Å². The number of H-pyrrole nitrogens is 1. The van der Waals surface area contributed by atoms with Crippen molar-refractivity contribution >= 4 is 10.9 Å². The predicted molar refractivity (Wildman–Crippen MR) is 102 cm³/mol. The second kappa shape index (κ2) is 5.95. The number of hydrogen-bond donors (Lipinski definition) is 1. The lowest BCUT2D eigenvalue weighted by Crippen LogP contribution is -2.10. The van der Waals surface area contributed by atoms with Crippen LogP contribution >= 0.6 is 0 Å². The number of benzene rings is 2. The lowest BCUT2D eigenvalue weighted by atomic mass is 9.87. The lowest BCUT2D eigenvalue weighted by molar-refractivity contribution is 0.432. The van der Waals surface area contributed by atoms with Crippen LogP contribution in [0.4, 0.5) is 0 Å². The average Bonchev–Trinajstić information content (AvgIpc) is 3.10. The van der Waals surface area contributed by atoms with Gasteiger partial charge in [-0.2, -0.15) is 4.98 Å². The van der Waals surface area contributed by atoms with Gasteiger partial charge in [0.2, 0.25) is 5.82 Å². The number of fused-ring (bicyclic) bond motifs is 1. The van der Waals surface area contributed by atoms with Gasteiger partial charge in [-0.3, -0.25) is 4.79 Å². The quantitative estimate of drug-likeness (QED) is 0.579. The van der Waals surface area contributed by atoms with E-state index in [9.17, 15) is 4.79 Å². The number of aromatic amines is 1. The van der Waals surface area contributed by atoms with Crippen LogP contribution in [0.3, 0.4) is 0 Å². The summed E-state index contributed by atoms with van der Waals surface area (Å²) in [4.78, 5) is 19.6. The average molecular weight is 345 g/mol. The fourth-order valence-corrected chi connectivity index (χ4v) is 2.88. The Kier molecular flexibility index (Phi) is 3.72. The van der Waals surface area contributed by atoms with Gasteiger partial charge in [-0.15, -0.1) is 0 Å². The minimum Gasteiger partial charge on any atom is -0.334 e. The summed E-state index contributed by atoms with van der Waals surface area (Å²) >= 11 is 0. The fraction of sp³-hybridized carbons (Fsp3) is 0.190. The van der Waals surface area contributed by atoms with Gasteiger partial charge in [0.25, 0.3) is 11.4 Å². The van der Waals surface area contributed by atoms with Gasteiger partial charge < -0.3 is 9.51 Å². The van der Waals surface area contributed by atoms with E-state index in [-0.39, 0.29) is 16.8 Å². The first-order valence-electron chi connectivity index (χ1n) is 8.49. The largest absolute Gasteiger partial charge is 0.334 e. The van der Waals surface area contributed by atoms with Crippen LogP contribution in [0.5, 0.6) is 0 Å². The maximum absolute atomic E-state index is 12.4. The molecule has 0 saturated heterocycles. The Balaban J connectivity index is 1.72. The first kappa shape index (κ1) is 16.3.